The van der Waals surface area contributed by atoms with Crippen molar-refractivity contribution in [3.63, 3.8) is 0 Å². The van der Waals surface area contributed by atoms with E-state index in [9.17, 15) is 4.21 Å². The molecule has 170 valence electrons. The molecule has 1 aliphatic rings. The van der Waals surface area contributed by atoms with Gasteiger partial charge in [-0.25, -0.2) is 4.99 Å². The fourth-order valence-electron chi connectivity index (χ4n) is 4.30. The molecule has 0 spiro atoms. The number of hydrogen-bond donors (Lipinski definition) is 2. The zero-order valence-electron chi connectivity index (χ0n) is 19.4. The average molecular weight is 444 g/mol. The maximum atomic E-state index is 12.3. The maximum absolute atomic E-state index is 12.3. The number of guanidine groups is 1. The Morgan fingerprint density at radius 1 is 1.23 bits per heavy atom. The van der Waals surface area contributed by atoms with Crippen LogP contribution in [0, 0.1) is 13.8 Å². The van der Waals surface area contributed by atoms with Crippen LogP contribution < -0.4 is 10.6 Å². The lowest BCUT2D eigenvalue weighted by molar-refractivity contribution is 0.413. The van der Waals surface area contributed by atoms with Gasteiger partial charge in [0.15, 0.2) is 5.96 Å². The average Bonchev–Trinajstić information content (AvgIpc) is 3.04. The molecule has 6 nitrogen and oxygen atoms in total. The van der Waals surface area contributed by atoms with E-state index in [2.05, 4.69) is 60.4 Å². The Morgan fingerprint density at radius 2 is 2.00 bits per heavy atom. The van der Waals surface area contributed by atoms with Crippen molar-refractivity contribution in [2.75, 3.05) is 12.3 Å². The highest BCUT2D eigenvalue weighted by Gasteiger charge is 2.26. The Bertz CT molecular complexity index is 893. The summed E-state index contributed by atoms with van der Waals surface area (Å²) in [4.78, 5) is 4.88. The van der Waals surface area contributed by atoms with Crippen LogP contribution in [0.2, 0.25) is 0 Å². The zero-order chi connectivity index (χ0) is 22.2. The van der Waals surface area contributed by atoms with Gasteiger partial charge >= 0.3 is 0 Å². The summed E-state index contributed by atoms with van der Waals surface area (Å²) >= 11 is 0. The van der Waals surface area contributed by atoms with Crippen molar-refractivity contribution in [1.29, 1.82) is 0 Å². The molecule has 7 heteroatoms. The largest absolute Gasteiger partial charge is 0.357 e. The molecule has 1 heterocycles. The van der Waals surface area contributed by atoms with Gasteiger partial charge in [0.05, 0.1) is 18.8 Å². The third-order valence-corrected chi connectivity index (χ3v) is 7.81. The molecule has 3 atom stereocenters. The van der Waals surface area contributed by atoms with Crippen LogP contribution >= 0.6 is 0 Å². The van der Waals surface area contributed by atoms with E-state index < -0.39 is 10.8 Å². The molecule has 1 saturated carbocycles. The summed E-state index contributed by atoms with van der Waals surface area (Å²) in [7, 11) is -0.718. The molecule has 3 rings (SSSR count). The van der Waals surface area contributed by atoms with E-state index in [0.717, 1.165) is 61.9 Å². The molecule has 2 N–H and O–H groups in total. The van der Waals surface area contributed by atoms with Crippen molar-refractivity contribution >= 4 is 16.8 Å². The summed E-state index contributed by atoms with van der Waals surface area (Å²) < 4.78 is 14.3. The topological polar surface area (TPSA) is 71.3 Å². The lowest BCUT2D eigenvalue weighted by Crippen LogP contribution is -2.46. The van der Waals surface area contributed by atoms with E-state index >= 15 is 0 Å². The molecule has 0 radical (unpaired) electrons. The van der Waals surface area contributed by atoms with Gasteiger partial charge in [0.25, 0.3) is 0 Å². The monoisotopic (exact) mass is 443 g/mol. The number of nitrogens with zero attached hydrogens (tertiary/aromatic N) is 3. The van der Waals surface area contributed by atoms with E-state index in [-0.39, 0.29) is 0 Å². The molecule has 0 aliphatic heterocycles. The molecular weight excluding hydrogens is 406 g/mol. The molecular formula is C24H37N5OS. The number of aryl methyl sites for hydroxylation is 1. The molecule has 1 aromatic carbocycles. The Balaban J connectivity index is 1.68. The lowest BCUT2D eigenvalue weighted by Gasteiger charge is -2.30. The van der Waals surface area contributed by atoms with Crippen molar-refractivity contribution < 1.29 is 4.21 Å². The van der Waals surface area contributed by atoms with Crippen LogP contribution in [0.4, 0.5) is 0 Å². The highest BCUT2D eigenvalue weighted by atomic mass is 32.2. The van der Waals surface area contributed by atoms with Gasteiger partial charge in [0.1, 0.15) is 0 Å². The summed E-state index contributed by atoms with van der Waals surface area (Å²) in [6.45, 7) is 10.5. The van der Waals surface area contributed by atoms with Crippen LogP contribution in [-0.4, -0.2) is 43.5 Å². The fraction of sp³-hybridized carbons (Fsp3) is 0.583. The summed E-state index contributed by atoms with van der Waals surface area (Å²) in [5.41, 5.74) is 4.62. The molecule has 0 amide bonds. The van der Waals surface area contributed by atoms with Gasteiger partial charge in [-0.1, -0.05) is 43.7 Å². The second kappa shape index (κ2) is 11.5. The quantitative estimate of drug-likeness (QED) is 0.482. The van der Waals surface area contributed by atoms with Crippen LogP contribution in [0.25, 0.3) is 0 Å². The van der Waals surface area contributed by atoms with Crippen molar-refractivity contribution in [2.24, 2.45) is 4.99 Å². The van der Waals surface area contributed by atoms with Crippen molar-refractivity contribution in [1.82, 2.24) is 20.4 Å². The van der Waals surface area contributed by atoms with Gasteiger partial charge in [0.2, 0.25) is 0 Å². The second-order valence-corrected chi connectivity index (χ2v) is 10.3. The number of nitrogens with one attached hydrogen (secondary N) is 2. The van der Waals surface area contributed by atoms with Gasteiger partial charge in [0, 0.05) is 45.6 Å². The normalized spacial score (nSPS) is 20.5. The Hall–Kier alpha value is -2.15. The Labute approximate surface area is 189 Å². The molecule has 0 bridgehead atoms. The van der Waals surface area contributed by atoms with Crippen molar-refractivity contribution in [3.8, 4) is 0 Å². The number of hydrogen-bond acceptors (Lipinski definition) is 3. The Kier molecular flexibility index (Phi) is 8.69. The van der Waals surface area contributed by atoms with E-state index in [4.69, 9.17) is 10.1 Å². The van der Waals surface area contributed by atoms with E-state index in [1.165, 1.54) is 11.1 Å². The van der Waals surface area contributed by atoms with Gasteiger partial charge < -0.3 is 10.6 Å². The van der Waals surface area contributed by atoms with Gasteiger partial charge in [-0.15, -0.1) is 0 Å². The molecule has 1 fully saturated rings. The molecule has 3 unspecified atom stereocenters. The number of benzene rings is 1. The van der Waals surface area contributed by atoms with Crippen molar-refractivity contribution in [2.45, 2.75) is 77.8 Å². The number of aromatic nitrogens is 2. The standard InChI is InChI=1S/C24H37N5OS/c1-5-25-24(27-21-13-10-14-22(15-21)31(30)6-2)26-16-23-18(3)28-29(19(23)4)17-20-11-8-7-9-12-20/h7-9,11-12,21-22H,5-6,10,13-17H2,1-4H3,(H2,25,26,27). The predicted octanol–water partition coefficient (Wildman–Crippen LogP) is 3.68. The first-order valence-corrected chi connectivity index (χ1v) is 12.9. The molecule has 0 saturated heterocycles. The second-order valence-electron chi connectivity index (χ2n) is 8.29. The maximum Gasteiger partial charge on any atom is 0.191 e. The van der Waals surface area contributed by atoms with Crippen LogP contribution in [-0.2, 0) is 23.9 Å². The first-order valence-electron chi connectivity index (χ1n) is 11.5. The summed E-state index contributed by atoms with van der Waals surface area (Å²) in [5, 5.41) is 12.0. The minimum Gasteiger partial charge on any atom is -0.357 e. The third kappa shape index (κ3) is 6.42. The molecule has 2 aromatic rings. The summed E-state index contributed by atoms with van der Waals surface area (Å²) in [6, 6.07) is 10.7. The summed E-state index contributed by atoms with van der Waals surface area (Å²) in [6.07, 6.45) is 4.26. The van der Waals surface area contributed by atoms with E-state index in [1.807, 2.05) is 13.0 Å². The van der Waals surface area contributed by atoms with Gasteiger partial charge in [-0.05, 0) is 45.6 Å². The lowest BCUT2D eigenvalue weighted by atomic mass is 9.95. The minimum absolute atomic E-state index is 0.305. The zero-order valence-corrected chi connectivity index (χ0v) is 20.2. The predicted molar refractivity (Wildman–Crippen MR) is 130 cm³/mol. The van der Waals surface area contributed by atoms with E-state index in [0.29, 0.717) is 17.8 Å². The smallest absolute Gasteiger partial charge is 0.191 e. The van der Waals surface area contributed by atoms with E-state index in [1.54, 1.807) is 0 Å². The summed E-state index contributed by atoms with van der Waals surface area (Å²) in [5.74, 6) is 1.59. The Morgan fingerprint density at radius 3 is 2.71 bits per heavy atom. The fourth-order valence-corrected chi connectivity index (χ4v) is 5.64. The first-order chi connectivity index (χ1) is 15.0. The van der Waals surface area contributed by atoms with Crippen molar-refractivity contribution in [3.05, 3.63) is 52.8 Å². The first kappa shape index (κ1) is 23.5. The number of aliphatic imine (C=N–C) groups is 1. The van der Waals surface area contributed by atoms with Crippen LogP contribution in [0.3, 0.4) is 0 Å². The molecule has 31 heavy (non-hydrogen) atoms. The highest BCUT2D eigenvalue weighted by molar-refractivity contribution is 7.85. The number of rotatable bonds is 8. The highest BCUT2D eigenvalue weighted by Crippen LogP contribution is 2.23. The van der Waals surface area contributed by atoms with Gasteiger partial charge in [-0.2, -0.15) is 5.10 Å². The molecule has 1 aromatic heterocycles. The third-order valence-electron chi connectivity index (χ3n) is 6.07. The minimum atomic E-state index is -0.718. The SMILES string of the molecule is CCNC(=NCc1c(C)nn(Cc2ccccc2)c1C)NC1CCCC(S(=O)CC)C1. The molecule has 1 aliphatic carbocycles. The van der Waals surface area contributed by atoms with Crippen LogP contribution in [0.15, 0.2) is 35.3 Å². The van der Waals surface area contributed by atoms with Gasteiger partial charge in [-0.3, -0.25) is 8.89 Å². The van der Waals surface area contributed by atoms with Crippen LogP contribution in [0.1, 0.15) is 62.0 Å². The van der Waals surface area contributed by atoms with Crippen LogP contribution in [0.5, 0.6) is 0 Å².